The zero-order chi connectivity index (χ0) is 11.9. The van der Waals surface area contributed by atoms with Gasteiger partial charge in [0, 0.05) is 11.1 Å². The van der Waals surface area contributed by atoms with Gasteiger partial charge in [-0.25, -0.2) is 4.98 Å². The lowest BCUT2D eigenvalue weighted by molar-refractivity contribution is 0.571. The molecule has 16 heavy (non-hydrogen) atoms. The van der Waals surface area contributed by atoms with Crippen LogP contribution >= 0.6 is 0 Å². The van der Waals surface area contributed by atoms with Crippen molar-refractivity contribution in [3.63, 3.8) is 0 Å². The molecule has 0 aliphatic heterocycles. The van der Waals surface area contributed by atoms with Gasteiger partial charge in [-0.05, 0) is 19.1 Å². The van der Waals surface area contributed by atoms with Crippen molar-refractivity contribution in [2.45, 2.75) is 33.1 Å². The molecule has 0 bridgehead atoms. The minimum absolute atomic E-state index is 0.108. The van der Waals surface area contributed by atoms with E-state index in [1.807, 2.05) is 29.5 Å². The molecular weight excluding hydrogens is 198 g/mol. The van der Waals surface area contributed by atoms with E-state index in [1.165, 1.54) is 0 Å². The molecular formula is C13H15N3. The minimum Gasteiger partial charge on any atom is -0.288 e. The molecule has 0 saturated carbocycles. The molecule has 3 heteroatoms. The van der Waals surface area contributed by atoms with E-state index in [4.69, 9.17) is 0 Å². The van der Waals surface area contributed by atoms with E-state index in [9.17, 15) is 5.26 Å². The average Bonchev–Trinajstić information content (AvgIpc) is 2.57. The normalized spacial score (nSPS) is 11.7. The molecule has 2 aromatic rings. The molecule has 0 aliphatic carbocycles. The number of nitriles is 1. The summed E-state index contributed by atoms with van der Waals surface area (Å²) in [6, 6.07) is 8.15. The van der Waals surface area contributed by atoms with Crippen molar-refractivity contribution in [3.05, 3.63) is 35.3 Å². The molecule has 3 nitrogen and oxygen atoms in total. The number of rotatable bonds is 0. The zero-order valence-electron chi connectivity index (χ0n) is 10.1. The molecule has 82 valence electrons. The van der Waals surface area contributed by atoms with Crippen LogP contribution in [-0.2, 0) is 5.41 Å². The molecule has 0 atom stereocenters. The number of pyridine rings is 1. The van der Waals surface area contributed by atoms with E-state index in [0.717, 1.165) is 17.0 Å². The van der Waals surface area contributed by atoms with Crippen LogP contribution in [0.4, 0.5) is 0 Å². The van der Waals surface area contributed by atoms with Crippen LogP contribution in [0.25, 0.3) is 5.65 Å². The predicted molar refractivity (Wildman–Crippen MR) is 63.3 cm³/mol. The number of imidazole rings is 1. The molecule has 2 rings (SSSR count). The van der Waals surface area contributed by atoms with E-state index in [-0.39, 0.29) is 5.41 Å². The molecule has 2 aromatic heterocycles. The first-order chi connectivity index (χ1) is 7.45. The van der Waals surface area contributed by atoms with Crippen molar-refractivity contribution in [2.75, 3.05) is 0 Å². The van der Waals surface area contributed by atoms with Gasteiger partial charge in [0.05, 0.1) is 5.69 Å². The molecule has 0 radical (unpaired) electrons. The van der Waals surface area contributed by atoms with Crippen LogP contribution in [0.5, 0.6) is 0 Å². The smallest absolute Gasteiger partial charge is 0.148 e. The number of aryl methyl sites for hydroxylation is 1. The van der Waals surface area contributed by atoms with E-state index < -0.39 is 0 Å². The topological polar surface area (TPSA) is 41.1 Å². The Labute approximate surface area is 95.4 Å². The molecule has 0 spiro atoms. The SMILES string of the molecule is Cc1cccc2nc(C(C)(C)C)c(C#N)n12. The Kier molecular flexibility index (Phi) is 2.23. The molecule has 0 aliphatic rings. The quantitative estimate of drug-likeness (QED) is 0.675. The maximum atomic E-state index is 9.28. The Morgan fingerprint density at radius 2 is 2.00 bits per heavy atom. The molecule has 2 heterocycles. The fourth-order valence-electron chi connectivity index (χ4n) is 1.88. The predicted octanol–water partition coefficient (Wildman–Crippen LogP) is 2.81. The first kappa shape index (κ1) is 10.7. The van der Waals surface area contributed by atoms with Gasteiger partial charge in [-0.1, -0.05) is 26.8 Å². The molecule has 0 unspecified atom stereocenters. The molecule has 0 aromatic carbocycles. The summed E-state index contributed by atoms with van der Waals surface area (Å²) in [7, 11) is 0. The van der Waals surface area contributed by atoms with Crippen molar-refractivity contribution >= 4 is 5.65 Å². The van der Waals surface area contributed by atoms with Gasteiger partial charge in [-0.15, -0.1) is 0 Å². The maximum absolute atomic E-state index is 9.28. The molecule has 0 fully saturated rings. The second kappa shape index (κ2) is 3.34. The van der Waals surface area contributed by atoms with Crippen molar-refractivity contribution in [1.29, 1.82) is 5.26 Å². The van der Waals surface area contributed by atoms with E-state index in [1.54, 1.807) is 0 Å². The van der Waals surface area contributed by atoms with Gasteiger partial charge in [-0.2, -0.15) is 5.26 Å². The van der Waals surface area contributed by atoms with Gasteiger partial charge >= 0.3 is 0 Å². The number of fused-ring (bicyclic) bond motifs is 1. The Morgan fingerprint density at radius 3 is 2.56 bits per heavy atom. The van der Waals surface area contributed by atoms with Gasteiger partial charge in [-0.3, -0.25) is 4.40 Å². The minimum atomic E-state index is -0.108. The second-order valence-electron chi connectivity index (χ2n) is 5.03. The van der Waals surface area contributed by atoms with Gasteiger partial charge in [0.1, 0.15) is 17.4 Å². The highest BCUT2D eigenvalue weighted by Gasteiger charge is 2.24. The van der Waals surface area contributed by atoms with Crippen LogP contribution in [0.3, 0.4) is 0 Å². The highest BCUT2D eigenvalue weighted by molar-refractivity contribution is 5.50. The van der Waals surface area contributed by atoms with E-state index in [2.05, 4.69) is 31.8 Å². The monoisotopic (exact) mass is 213 g/mol. The van der Waals surface area contributed by atoms with Crippen LogP contribution in [0.2, 0.25) is 0 Å². The van der Waals surface area contributed by atoms with Gasteiger partial charge in [0.15, 0.2) is 0 Å². The summed E-state index contributed by atoms with van der Waals surface area (Å²) in [6.45, 7) is 8.21. The molecule has 0 N–H and O–H groups in total. The van der Waals surface area contributed by atoms with E-state index in [0.29, 0.717) is 5.69 Å². The summed E-state index contributed by atoms with van der Waals surface area (Å²) in [6.07, 6.45) is 0. The third-order valence-corrected chi connectivity index (χ3v) is 2.66. The highest BCUT2D eigenvalue weighted by atomic mass is 15.0. The zero-order valence-corrected chi connectivity index (χ0v) is 10.1. The maximum Gasteiger partial charge on any atom is 0.148 e. The summed E-state index contributed by atoms with van der Waals surface area (Å²) in [5.74, 6) is 0. The van der Waals surface area contributed by atoms with Crippen molar-refractivity contribution in [2.24, 2.45) is 0 Å². The lowest BCUT2D eigenvalue weighted by Crippen LogP contribution is -2.13. The van der Waals surface area contributed by atoms with Crippen LogP contribution in [0, 0.1) is 18.3 Å². The largest absolute Gasteiger partial charge is 0.288 e. The van der Waals surface area contributed by atoms with Crippen molar-refractivity contribution in [3.8, 4) is 6.07 Å². The first-order valence-electron chi connectivity index (χ1n) is 5.34. The average molecular weight is 213 g/mol. The van der Waals surface area contributed by atoms with Crippen LogP contribution in [0.15, 0.2) is 18.2 Å². The van der Waals surface area contributed by atoms with Crippen molar-refractivity contribution < 1.29 is 0 Å². The summed E-state index contributed by atoms with van der Waals surface area (Å²) in [5, 5.41) is 9.28. The van der Waals surface area contributed by atoms with Gasteiger partial charge in [0.25, 0.3) is 0 Å². The lowest BCUT2D eigenvalue weighted by Gasteiger charge is -2.15. The number of nitrogens with zero attached hydrogens (tertiary/aromatic N) is 3. The fraction of sp³-hybridized carbons (Fsp3) is 0.385. The van der Waals surface area contributed by atoms with Gasteiger partial charge < -0.3 is 0 Å². The summed E-state index contributed by atoms with van der Waals surface area (Å²) < 4.78 is 1.92. The van der Waals surface area contributed by atoms with E-state index >= 15 is 0 Å². The number of aromatic nitrogens is 2. The third kappa shape index (κ3) is 1.47. The van der Waals surface area contributed by atoms with Gasteiger partial charge in [0.2, 0.25) is 0 Å². The summed E-state index contributed by atoms with van der Waals surface area (Å²) >= 11 is 0. The second-order valence-corrected chi connectivity index (χ2v) is 5.03. The number of hydrogen-bond acceptors (Lipinski definition) is 2. The Bertz CT molecular complexity index is 579. The first-order valence-corrected chi connectivity index (χ1v) is 5.34. The Morgan fingerprint density at radius 1 is 1.31 bits per heavy atom. The summed E-state index contributed by atoms with van der Waals surface area (Å²) in [5.41, 5.74) is 3.30. The Balaban J connectivity index is 2.90. The molecule has 0 amide bonds. The lowest BCUT2D eigenvalue weighted by atomic mass is 9.91. The highest BCUT2D eigenvalue weighted by Crippen LogP contribution is 2.26. The number of hydrogen-bond donors (Lipinski definition) is 0. The fourth-order valence-corrected chi connectivity index (χ4v) is 1.88. The molecule has 0 saturated heterocycles. The summed E-state index contributed by atoms with van der Waals surface area (Å²) in [4.78, 5) is 4.56. The van der Waals surface area contributed by atoms with Crippen molar-refractivity contribution in [1.82, 2.24) is 9.38 Å². The van der Waals surface area contributed by atoms with Crippen LogP contribution < -0.4 is 0 Å². The Hall–Kier alpha value is -1.82. The third-order valence-electron chi connectivity index (χ3n) is 2.66. The standard InChI is InChI=1S/C13H15N3/c1-9-6-5-7-11-15-12(13(2,3)4)10(8-14)16(9)11/h5-7H,1-4H3. The van der Waals surface area contributed by atoms with Crippen LogP contribution in [-0.4, -0.2) is 9.38 Å². The van der Waals surface area contributed by atoms with Crippen LogP contribution in [0.1, 0.15) is 37.9 Å².